The highest BCUT2D eigenvalue weighted by Crippen LogP contribution is 2.23. The maximum absolute atomic E-state index is 12.0. The number of rotatable bonds is 5. The molecule has 0 N–H and O–H groups in total. The van der Waals surface area contributed by atoms with Gasteiger partial charge in [0.1, 0.15) is 24.0 Å². The maximum atomic E-state index is 12.0. The number of esters is 1. The molecule has 24 heavy (non-hydrogen) atoms. The Kier molecular flexibility index (Phi) is 6.25. The van der Waals surface area contributed by atoms with Crippen molar-refractivity contribution < 1.29 is 14.3 Å². The van der Waals surface area contributed by atoms with Gasteiger partial charge < -0.3 is 9.47 Å². The SMILES string of the molecule is COc1ccc(/C=C(\C#N)C(=O)OCc2ccc(Cl)c(Cl)c2)cc1. The van der Waals surface area contributed by atoms with Gasteiger partial charge in [0.25, 0.3) is 0 Å². The second-order valence-corrected chi connectivity index (χ2v) is 5.58. The number of ether oxygens (including phenoxy) is 2. The summed E-state index contributed by atoms with van der Waals surface area (Å²) in [6.07, 6.45) is 1.45. The van der Waals surface area contributed by atoms with Crippen LogP contribution < -0.4 is 4.74 Å². The third-order valence-electron chi connectivity index (χ3n) is 3.12. The van der Waals surface area contributed by atoms with Gasteiger partial charge >= 0.3 is 5.97 Å². The van der Waals surface area contributed by atoms with Crippen LogP contribution in [0.2, 0.25) is 10.0 Å². The standard InChI is InChI=1S/C18H13Cl2NO3/c1-23-15-5-2-12(3-6-15)8-14(10-21)18(22)24-11-13-4-7-16(19)17(20)9-13/h2-9H,11H2,1H3/b14-8+. The Balaban J connectivity index is 2.06. The van der Waals surface area contributed by atoms with Gasteiger partial charge in [-0.3, -0.25) is 0 Å². The van der Waals surface area contributed by atoms with Gasteiger partial charge in [0.2, 0.25) is 0 Å². The summed E-state index contributed by atoms with van der Waals surface area (Å²) in [5.74, 6) is -0.0211. The van der Waals surface area contributed by atoms with Gasteiger partial charge in [-0.1, -0.05) is 41.4 Å². The molecule has 0 saturated carbocycles. The smallest absolute Gasteiger partial charge is 0.349 e. The average Bonchev–Trinajstić information content (AvgIpc) is 2.61. The van der Waals surface area contributed by atoms with E-state index in [2.05, 4.69) is 0 Å². The first kappa shape index (κ1) is 17.9. The van der Waals surface area contributed by atoms with Gasteiger partial charge in [0.15, 0.2) is 0 Å². The number of methoxy groups -OCH3 is 1. The molecule has 0 amide bonds. The van der Waals surface area contributed by atoms with Gasteiger partial charge in [-0.15, -0.1) is 0 Å². The van der Waals surface area contributed by atoms with Crippen LogP contribution in [0.3, 0.4) is 0 Å². The summed E-state index contributed by atoms with van der Waals surface area (Å²) in [6.45, 7) is -0.00262. The third-order valence-corrected chi connectivity index (χ3v) is 3.86. The van der Waals surface area contributed by atoms with E-state index in [9.17, 15) is 4.79 Å². The highest BCUT2D eigenvalue weighted by atomic mass is 35.5. The summed E-state index contributed by atoms with van der Waals surface area (Å²) in [7, 11) is 1.56. The lowest BCUT2D eigenvalue weighted by Crippen LogP contribution is -2.06. The molecule has 0 spiro atoms. The molecule has 0 fully saturated rings. The first-order valence-electron chi connectivity index (χ1n) is 6.90. The van der Waals surface area contributed by atoms with Crippen molar-refractivity contribution in [2.24, 2.45) is 0 Å². The van der Waals surface area contributed by atoms with Gasteiger partial charge in [0.05, 0.1) is 17.2 Å². The van der Waals surface area contributed by atoms with Crippen LogP contribution in [0.15, 0.2) is 48.0 Å². The zero-order chi connectivity index (χ0) is 17.5. The summed E-state index contributed by atoms with van der Waals surface area (Å²) in [5.41, 5.74) is 1.28. The summed E-state index contributed by atoms with van der Waals surface area (Å²) >= 11 is 11.7. The van der Waals surface area contributed by atoms with Crippen LogP contribution in [0.25, 0.3) is 6.08 Å². The Hall–Kier alpha value is -2.48. The van der Waals surface area contributed by atoms with Gasteiger partial charge in [-0.25, -0.2) is 4.79 Å². The second-order valence-electron chi connectivity index (χ2n) is 4.77. The van der Waals surface area contributed by atoms with Crippen LogP contribution in [0, 0.1) is 11.3 Å². The molecule has 0 heterocycles. The number of nitrogens with zero attached hydrogens (tertiary/aromatic N) is 1. The molecule has 0 unspecified atom stereocenters. The van der Waals surface area contributed by atoms with Gasteiger partial charge in [-0.2, -0.15) is 5.26 Å². The van der Waals surface area contributed by atoms with Crippen molar-refractivity contribution in [2.45, 2.75) is 6.61 Å². The molecule has 0 aliphatic rings. The predicted molar refractivity (Wildman–Crippen MR) is 92.8 cm³/mol. The number of hydrogen-bond donors (Lipinski definition) is 0. The van der Waals surface area contributed by atoms with Crippen LogP contribution in [0.1, 0.15) is 11.1 Å². The average molecular weight is 362 g/mol. The zero-order valence-corrected chi connectivity index (χ0v) is 14.3. The molecule has 0 aliphatic carbocycles. The molecule has 4 nitrogen and oxygen atoms in total. The minimum absolute atomic E-state index is 0.00262. The molecule has 0 aromatic heterocycles. The molecule has 0 radical (unpaired) electrons. The first-order valence-corrected chi connectivity index (χ1v) is 7.66. The number of carbonyl (C=O) groups excluding carboxylic acids is 1. The topological polar surface area (TPSA) is 59.3 Å². The molecule has 2 rings (SSSR count). The summed E-state index contributed by atoms with van der Waals surface area (Å²) in [6, 6.07) is 13.7. The second kappa shape index (κ2) is 8.39. The Morgan fingerprint density at radius 2 is 1.88 bits per heavy atom. The van der Waals surface area contributed by atoms with Crippen LogP contribution >= 0.6 is 23.2 Å². The molecule has 0 saturated heterocycles. The van der Waals surface area contributed by atoms with Gasteiger partial charge in [-0.05, 0) is 41.5 Å². The van der Waals surface area contributed by atoms with Crippen LogP contribution in [-0.2, 0) is 16.1 Å². The number of hydrogen-bond acceptors (Lipinski definition) is 4. The number of carbonyl (C=O) groups is 1. The van der Waals surface area contributed by atoms with Crippen molar-refractivity contribution in [2.75, 3.05) is 7.11 Å². The minimum Gasteiger partial charge on any atom is -0.497 e. The highest BCUT2D eigenvalue weighted by molar-refractivity contribution is 6.42. The highest BCUT2D eigenvalue weighted by Gasteiger charge is 2.11. The van der Waals surface area contributed by atoms with E-state index in [0.29, 0.717) is 26.9 Å². The lowest BCUT2D eigenvalue weighted by molar-refractivity contribution is -0.139. The number of halogens is 2. The van der Waals surface area contributed by atoms with E-state index in [0.717, 1.165) is 0 Å². The summed E-state index contributed by atoms with van der Waals surface area (Å²) in [4.78, 5) is 12.0. The lowest BCUT2D eigenvalue weighted by atomic mass is 10.1. The zero-order valence-electron chi connectivity index (χ0n) is 12.8. The normalized spacial score (nSPS) is 10.8. The van der Waals surface area contributed by atoms with E-state index >= 15 is 0 Å². The van der Waals surface area contributed by atoms with E-state index in [-0.39, 0.29) is 12.2 Å². The Morgan fingerprint density at radius 1 is 1.17 bits per heavy atom. The molecular weight excluding hydrogens is 349 g/mol. The Labute approximate surface area is 149 Å². The third kappa shape index (κ3) is 4.76. The van der Waals surface area contributed by atoms with Crippen molar-refractivity contribution in [3.63, 3.8) is 0 Å². The Bertz CT molecular complexity index is 808. The predicted octanol–water partition coefficient (Wildman–Crippen LogP) is 4.65. The van der Waals surface area contributed by atoms with Crippen molar-refractivity contribution in [1.82, 2.24) is 0 Å². The van der Waals surface area contributed by atoms with Crippen molar-refractivity contribution >= 4 is 35.2 Å². The molecule has 0 aliphatic heterocycles. The molecule has 0 bridgehead atoms. The number of nitriles is 1. The van der Waals surface area contributed by atoms with E-state index in [1.807, 2.05) is 6.07 Å². The van der Waals surface area contributed by atoms with Crippen LogP contribution in [0.4, 0.5) is 0 Å². The van der Waals surface area contributed by atoms with E-state index in [4.69, 9.17) is 37.9 Å². The fraction of sp³-hybridized carbons (Fsp3) is 0.111. The van der Waals surface area contributed by atoms with Crippen molar-refractivity contribution in [1.29, 1.82) is 5.26 Å². The van der Waals surface area contributed by atoms with Crippen molar-refractivity contribution in [3.05, 3.63) is 69.2 Å². The van der Waals surface area contributed by atoms with E-state index in [1.54, 1.807) is 49.6 Å². The lowest BCUT2D eigenvalue weighted by Gasteiger charge is -2.05. The fourth-order valence-corrected chi connectivity index (χ4v) is 2.18. The van der Waals surface area contributed by atoms with Crippen molar-refractivity contribution in [3.8, 4) is 11.8 Å². The van der Waals surface area contributed by atoms with E-state index in [1.165, 1.54) is 6.08 Å². The Morgan fingerprint density at radius 3 is 2.46 bits per heavy atom. The summed E-state index contributed by atoms with van der Waals surface area (Å²) in [5, 5.41) is 9.95. The molecule has 2 aromatic rings. The molecular formula is C18H13Cl2NO3. The van der Waals surface area contributed by atoms with Crippen LogP contribution in [-0.4, -0.2) is 13.1 Å². The molecule has 122 valence electrons. The molecule has 6 heteroatoms. The van der Waals surface area contributed by atoms with E-state index < -0.39 is 5.97 Å². The molecule has 2 aromatic carbocycles. The minimum atomic E-state index is -0.709. The first-order chi connectivity index (χ1) is 11.5. The number of benzene rings is 2. The quantitative estimate of drug-likeness (QED) is 0.441. The maximum Gasteiger partial charge on any atom is 0.349 e. The summed E-state index contributed by atoms with van der Waals surface area (Å²) < 4.78 is 10.2. The largest absolute Gasteiger partial charge is 0.497 e. The molecule has 0 atom stereocenters. The van der Waals surface area contributed by atoms with Crippen LogP contribution in [0.5, 0.6) is 5.75 Å². The monoisotopic (exact) mass is 361 g/mol. The van der Waals surface area contributed by atoms with Gasteiger partial charge in [0, 0.05) is 0 Å². The fourth-order valence-electron chi connectivity index (χ4n) is 1.86.